The molecule has 2 aliphatic rings. The number of hydrogen-bond donors (Lipinski definition) is 2. The molecule has 3 atom stereocenters. The number of alkyl carbamates (subject to hydrolysis) is 1. The summed E-state index contributed by atoms with van der Waals surface area (Å²) >= 11 is 0. The molecule has 0 aromatic heterocycles. The van der Waals surface area contributed by atoms with Crippen molar-refractivity contribution in [3.05, 3.63) is 11.6 Å². The van der Waals surface area contributed by atoms with Gasteiger partial charge in [0.25, 0.3) is 0 Å². The molecule has 0 radical (unpaired) electrons. The van der Waals surface area contributed by atoms with Crippen molar-refractivity contribution in [1.29, 1.82) is 0 Å². The number of carbonyl (C=O) groups is 1. The van der Waals surface area contributed by atoms with Crippen LogP contribution >= 0.6 is 0 Å². The number of carbonyl (C=O) groups excluding carboxylic acids is 1. The van der Waals surface area contributed by atoms with Crippen LogP contribution in [0.2, 0.25) is 0 Å². The monoisotopic (exact) mass is 340 g/mol. The minimum Gasteiger partial charge on any atom is -0.449 e. The Hall–Kier alpha value is -1.11. The molecule has 0 aromatic rings. The van der Waals surface area contributed by atoms with Crippen LogP contribution in [0.5, 0.6) is 0 Å². The summed E-state index contributed by atoms with van der Waals surface area (Å²) in [5.41, 5.74) is 6.81. The molecule has 0 saturated heterocycles. The van der Waals surface area contributed by atoms with Gasteiger partial charge in [0, 0.05) is 13.1 Å². The van der Waals surface area contributed by atoms with Crippen molar-refractivity contribution in [3.63, 3.8) is 0 Å². The van der Waals surface area contributed by atoms with Gasteiger partial charge in [0.1, 0.15) is 0 Å². The molecule has 2 aliphatic carbocycles. The zero-order chi connectivity index (χ0) is 17.2. The molecular formula is C18H32N2O4. The van der Waals surface area contributed by atoms with Gasteiger partial charge in [-0.1, -0.05) is 11.6 Å². The average molecular weight is 340 g/mol. The lowest BCUT2D eigenvalue weighted by Crippen LogP contribution is -2.29. The first-order chi connectivity index (χ1) is 11.7. The van der Waals surface area contributed by atoms with Gasteiger partial charge in [-0.3, -0.25) is 0 Å². The number of fused-ring (bicyclic) bond motifs is 1. The summed E-state index contributed by atoms with van der Waals surface area (Å²) in [5.74, 6) is 2.06. The minimum atomic E-state index is -0.341. The third-order valence-electron chi connectivity index (χ3n) is 4.93. The number of ether oxygens (including phenoxy) is 3. The smallest absolute Gasteiger partial charge is 0.407 e. The first-order valence-corrected chi connectivity index (χ1v) is 9.14. The third-order valence-corrected chi connectivity index (χ3v) is 4.93. The van der Waals surface area contributed by atoms with Crippen molar-refractivity contribution in [2.24, 2.45) is 23.5 Å². The van der Waals surface area contributed by atoms with E-state index in [2.05, 4.69) is 18.3 Å². The molecule has 0 aromatic carbocycles. The van der Waals surface area contributed by atoms with Crippen LogP contribution in [0.3, 0.4) is 0 Å². The minimum absolute atomic E-state index is 0.341. The maximum absolute atomic E-state index is 11.7. The summed E-state index contributed by atoms with van der Waals surface area (Å²) in [4.78, 5) is 11.7. The van der Waals surface area contributed by atoms with Crippen LogP contribution in [0, 0.1) is 17.8 Å². The fraction of sp³-hybridized carbons (Fsp3) is 0.833. The second-order valence-corrected chi connectivity index (χ2v) is 6.70. The van der Waals surface area contributed by atoms with Crippen molar-refractivity contribution in [2.75, 3.05) is 46.1 Å². The van der Waals surface area contributed by atoms with Gasteiger partial charge in [-0.15, -0.1) is 0 Å². The zero-order valence-corrected chi connectivity index (χ0v) is 14.8. The Bertz CT molecular complexity index is 414. The maximum Gasteiger partial charge on any atom is 0.407 e. The molecule has 0 bridgehead atoms. The molecule has 0 heterocycles. The first kappa shape index (κ1) is 19.2. The Morgan fingerprint density at radius 1 is 1.21 bits per heavy atom. The summed E-state index contributed by atoms with van der Waals surface area (Å²) in [6.07, 6.45) is 6.85. The van der Waals surface area contributed by atoms with E-state index in [9.17, 15) is 4.79 Å². The molecular weight excluding hydrogens is 308 g/mol. The predicted octanol–water partition coefficient (Wildman–Crippen LogP) is 2.09. The number of nitrogens with one attached hydrogen (secondary N) is 1. The van der Waals surface area contributed by atoms with Crippen molar-refractivity contribution in [3.8, 4) is 0 Å². The molecule has 138 valence electrons. The fourth-order valence-corrected chi connectivity index (χ4v) is 3.50. The zero-order valence-electron chi connectivity index (χ0n) is 14.8. The van der Waals surface area contributed by atoms with E-state index in [4.69, 9.17) is 19.9 Å². The lowest BCUT2D eigenvalue weighted by molar-refractivity contribution is 0.0511. The van der Waals surface area contributed by atoms with Gasteiger partial charge in [-0.2, -0.15) is 0 Å². The van der Waals surface area contributed by atoms with E-state index >= 15 is 0 Å². The lowest BCUT2D eigenvalue weighted by Gasteiger charge is -2.08. The van der Waals surface area contributed by atoms with Crippen molar-refractivity contribution < 1.29 is 19.0 Å². The Balaban J connectivity index is 1.46. The average Bonchev–Trinajstić information content (AvgIpc) is 3.22. The summed E-state index contributed by atoms with van der Waals surface area (Å²) in [5, 5.41) is 2.72. The number of amides is 1. The number of allylic oxidation sites excluding steroid dienone is 2. The quantitative estimate of drug-likeness (QED) is 0.470. The molecule has 24 heavy (non-hydrogen) atoms. The van der Waals surface area contributed by atoms with Gasteiger partial charge >= 0.3 is 6.09 Å². The molecule has 0 spiro atoms. The number of nitrogens with two attached hydrogens (primary N) is 1. The third kappa shape index (κ3) is 6.79. The van der Waals surface area contributed by atoms with E-state index in [1.165, 1.54) is 31.3 Å². The highest BCUT2D eigenvalue weighted by Crippen LogP contribution is 2.53. The Kier molecular flexibility index (Phi) is 8.56. The van der Waals surface area contributed by atoms with E-state index < -0.39 is 0 Å². The Morgan fingerprint density at radius 2 is 1.96 bits per heavy atom. The van der Waals surface area contributed by atoms with Gasteiger partial charge in [0.15, 0.2) is 0 Å². The van der Waals surface area contributed by atoms with Crippen molar-refractivity contribution in [2.45, 2.75) is 32.6 Å². The van der Waals surface area contributed by atoms with Gasteiger partial charge in [-0.25, -0.2) is 4.79 Å². The van der Waals surface area contributed by atoms with E-state index in [0.29, 0.717) is 52.0 Å². The standard InChI is InChI=1S/C18H32N2O4/c1-14-3-2-4-15-16(6-5-14)17(15)13-24-18(21)20-8-10-23-12-11-22-9-7-19/h3,15-17H,2,4-13,19H2,1H3,(H,20,21)/b14-3-/t15-,16+,17-/m1/s1. The van der Waals surface area contributed by atoms with Crippen LogP contribution in [-0.4, -0.2) is 52.2 Å². The van der Waals surface area contributed by atoms with Gasteiger partial charge in [0.05, 0.1) is 33.0 Å². The molecule has 3 N–H and O–H groups in total. The normalized spacial score (nSPS) is 28.1. The highest BCUT2D eigenvalue weighted by molar-refractivity contribution is 5.67. The van der Waals surface area contributed by atoms with Crippen molar-refractivity contribution in [1.82, 2.24) is 5.32 Å². The highest BCUT2D eigenvalue weighted by Gasteiger charge is 2.49. The maximum atomic E-state index is 11.7. The molecule has 0 unspecified atom stereocenters. The SMILES string of the molecule is C/C1=C/CC[C@@H]2[C@H](CC1)[C@@H]2COC(=O)NCCOCCOCCN. The molecule has 1 fully saturated rings. The van der Waals surface area contributed by atoms with Crippen LogP contribution in [0.4, 0.5) is 4.79 Å². The van der Waals surface area contributed by atoms with E-state index in [-0.39, 0.29) is 6.09 Å². The summed E-state index contributed by atoms with van der Waals surface area (Å²) < 4.78 is 15.9. The molecule has 0 aliphatic heterocycles. The molecule has 6 nitrogen and oxygen atoms in total. The Morgan fingerprint density at radius 3 is 2.75 bits per heavy atom. The van der Waals surface area contributed by atoms with Crippen LogP contribution in [0.25, 0.3) is 0 Å². The van der Waals surface area contributed by atoms with E-state index in [1.54, 1.807) is 0 Å². The van der Waals surface area contributed by atoms with Crippen molar-refractivity contribution >= 4 is 6.09 Å². The molecule has 6 heteroatoms. The van der Waals surface area contributed by atoms with Gasteiger partial charge in [0.2, 0.25) is 0 Å². The topological polar surface area (TPSA) is 82.8 Å². The van der Waals surface area contributed by atoms with Crippen LogP contribution in [0.15, 0.2) is 11.6 Å². The summed E-state index contributed by atoms with van der Waals surface area (Å²) in [6, 6.07) is 0. The van der Waals surface area contributed by atoms with Crippen LogP contribution < -0.4 is 11.1 Å². The number of hydrogen-bond acceptors (Lipinski definition) is 5. The largest absolute Gasteiger partial charge is 0.449 e. The second kappa shape index (κ2) is 10.7. The van der Waals surface area contributed by atoms with Crippen LogP contribution in [0.1, 0.15) is 32.6 Å². The molecule has 1 saturated carbocycles. The van der Waals surface area contributed by atoms with Gasteiger partial charge < -0.3 is 25.3 Å². The Labute approximate surface area is 145 Å². The molecule has 2 rings (SSSR count). The lowest BCUT2D eigenvalue weighted by atomic mass is 10.0. The van der Waals surface area contributed by atoms with E-state index in [1.807, 2.05) is 0 Å². The summed E-state index contributed by atoms with van der Waals surface area (Å²) in [6.45, 7) is 5.79. The second-order valence-electron chi connectivity index (χ2n) is 6.70. The van der Waals surface area contributed by atoms with Gasteiger partial charge in [-0.05, 0) is 50.4 Å². The van der Waals surface area contributed by atoms with E-state index in [0.717, 1.165) is 11.8 Å². The molecule has 1 amide bonds. The predicted molar refractivity (Wildman–Crippen MR) is 92.7 cm³/mol. The fourth-order valence-electron chi connectivity index (χ4n) is 3.50. The van der Waals surface area contributed by atoms with Crippen LogP contribution in [-0.2, 0) is 14.2 Å². The first-order valence-electron chi connectivity index (χ1n) is 9.14. The highest BCUT2D eigenvalue weighted by atomic mass is 16.6. The summed E-state index contributed by atoms with van der Waals surface area (Å²) in [7, 11) is 0. The number of rotatable bonds is 10.